The highest BCUT2D eigenvalue weighted by molar-refractivity contribution is 5.93. The summed E-state index contributed by atoms with van der Waals surface area (Å²) in [5.74, 6) is -0.362. The van der Waals surface area contributed by atoms with Crippen molar-refractivity contribution in [3.8, 4) is 0 Å². The largest absolute Gasteiger partial charge is 0.374 e. The van der Waals surface area contributed by atoms with Gasteiger partial charge in [0, 0.05) is 25.7 Å². The van der Waals surface area contributed by atoms with Crippen molar-refractivity contribution in [3.05, 3.63) is 29.3 Å². The number of nitrogens with one attached hydrogen (secondary N) is 1. The summed E-state index contributed by atoms with van der Waals surface area (Å²) in [7, 11) is 1.91. The van der Waals surface area contributed by atoms with Gasteiger partial charge in [0.1, 0.15) is 0 Å². The van der Waals surface area contributed by atoms with Crippen molar-refractivity contribution in [3.63, 3.8) is 0 Å². The van der Waals surface area contributed by atoms with Crippen molar-refractivity contribution >= 4 is 17.6 Å². The molecule has 0 fully saturated rings. The molecule has 1 aromatic carbocycles. The second-order valence-electron chi connectivity index (χ2n) is 4.43. The molecule has 0 atom stereocenters. The van der Waals surface area contributed by atoms with Crippen molar-refractivity contribution in [1.82, 2.24) is 5.32 Å². The maximum atomic E-state index is 11.3. The van der Waals surface area contributed by atoms with Gasteiger partial charge in [-0.25, -0.2) is 4.79 Å². The van der Waals surface area contributed by atoms with Crippen LogP contribution in [0.2, 0.25) is 0 Å². The lowest BCUT2D eigenvalue weighted by Gasteiger charge is -2.20. The van der Waals surface area contributed by atoms with Crippen LogP contribution >= 0.6 is 0 Å². The van der Waals surface area contributed by atoms with Gasteiger partial charge in [0.25, 0.3) is 0 Å². The summed E-state index contributed by atoms with van der Waals surface area (Å²) in [5, 5.41) is 2.05. The van der Waals surface area contributed by atoms with E-state index >= 15 is 0 Å². The van der Waals surface area contributed by atoms with Gasteiger partial charge in [0.05, 0.1) is 0 Å². The smallest absolute Gasteiger partial charge is 0.318 e. The lowest BCUT2D eigenvalue weighted by Crippen LogP contribution is -2.36. The zero-order valence-corrected chi connectivity index (χ0v) is 11.0. The summed E-state index contributed by atoms with van der Waals surface area (Å²) in [5.41, 5.74) is 8.28. The fraction of sp³-hybridized carbons (Fsp3) is 0.385. The van der Waals surface area contributed by atoms with Gasteiger partial charge in [-0.2, -0.15) is 0 Å². The molecule has 5 heteroatoms. The van der Waals surface area contributed by atoms with Gasteiger partial charge < -0.3 is 10.6 Å². The Hall–Kier alpha value is -2.04. The van der Waals surface area contributed by atoms with Crippen LogP contribution in [-0.2, 0) is 4.79 Å². The predicted octanol–water partition coefficient (Wildman–Crippen LogP) is 1.32. The molecule has 1 rings (SSSR count). The molecule has 3 amide bonds. The van der Waals surface area contributed by atoms with Gasteiger partial charge in [-0.3, -0.25) is 10.1 Å². The molecule has 0 aliphatic heterocycles. The van der Waals surface area contributed by atoms with Crippen molar-refractivity contribution in [2.75, 3.05) is 18.5 Å². The predicted molar refractivity (Wildman–Crippen MR) is 71.5 cm³/mol. The lowest BCUT2D eigenvalue weighted by molar-refractivity contribution is -0.119. The van der Waals surface area contributed by atoms with Crippen molar-refractivity contribution in [2.24, 2.45) is 5.73 Å². The second-order valence-corrected chi connectivity index (χ2v) is 4.43. The molecule has 0 radical (unpaired) electrons. The van der Waals surface area contributed by atoms with Gasteiger partial charge >= 0.3 is 6.03 Å². The Labute approximate surface area is 107 Å². The van der Waals surface area contributed by atoms with Crippen molar-refractivity contribution < 1.29 is 9.59 Å². The molecule has 0 heterocycles. The third-order valence-corrected chi connectivity index (χ3v) is 2.58. The van der Waals surface area contributed by atoms with Crippen LogP contribution in [0.5, 0.6) is 0 Å². The Balaban J connectivity index is 2.57. The van der Waals surface area contributed by atoms with E-state index in [1.54, 1.807) is 0 Å². The van der Waals surface area contributed by atoms with Gasteiger partial charge in [-0.15, -0.1) is 0 Å². The Bertz CT molecular complexity index is 437. The second kappa shape index (κ2) is 6.05. The zero-order chi connectivity index (χ0) is 13.7. The van der Waals surface area contributed by atoms with Crippen LogP contribution in [0.3, 0.4) is 0 Å². The molecule has 0 aromatic heterocycles. The minimum atomic E-state index is -0.811. The number of rotatable bonds is 4. The quantitative estimate of drug-likeness (QED) is 0.845. The van der Waals surface area contributed by atoms with Crippen LogP contribution in [0.25, 0.3) is 0 Å². The molecule has 0 unspecified atom stereocenters. The monoisotopic (exact) mass is 249 g/mol. The number of amides is 3. The molecule has 1 aromatic rings. The van der Waals surface area contributed by atoms with E-state index in [1.165, 1.54) is 11.1 Å². The van der Waals surface area contributed by atoms with E-state index in [0.717, 1.165) is 5.69 Å². The maximum Gasteiger partial charge on any atom is 0.318 e. The molecule has 0 aliphatic rings. The molecule has 3 N–H and O–H groups in total. The van der Waals surface area contributed by atoms with Crippen LogP contribution in [0.15, 0.2) is 18.2 Å². The highest BCUT2D eigenvalue weighted by Crippen LogP contribution is 2.17. The number of primary amides is 1. The van der Waals surface area contributed by atoms with E-state index in [-0.39, 0.29) is 12.3 Å². The average molecular weight is 249 g/mol. The number of aryl methyl sites for hydroxylation is 2. The molecule has 98 valence electrons. The van der Waals surface area contributed by atoms with Crippen LogP contribution in [0.1, 0.15) is 17.5 Å². The number of urea groups is 1. The SMILES string of the molecule is Cc1cc(C)cc(N(C)CCC(=O)NC(N)=O)c1. The number of hydrogen-bond acceptors (Lipinski definition) is 3. The van der Waals surface area contributed by atoms with E-state index in [9.17, 15) is 9.59 Å². The average Bonchev–Trinajstić information content (AvgIpc) is 2.23. The van der Waals surface area contributed by atoms with Crippen molar-refractivity contribution in [1.29, 1.82) is 0 Å². The Morgan fingerprint density at radius 1 is 1.22 bits per heavy atom. The lowest BCUT2D eigenvalue weighted by atomic mass is 10.1. The number of nitrogens with zero attached hydrogens (tertiary/aromatic N) is 1. The molecule has 18 heavy (non-hydrogen) atoms. The molecule has 5 nitrogen and oxygen atoms in total. The first kappa shape index (κ1) is 14.0. The third kappa shape index (κ3) is 4.45. The molecule has 0 aliphatic carbocycles. The molecule has 0 spiro atoms. The summed E-state index contributed by atoms with van der Waals surface area (Å²) < 4.78 is 0. The zero-order valence-electron chi connectivity index (χ0n) is 11.0. The molecular formula is C13H19N3O2. The van der Waals surface area contributed by atoms with E-state index in [1.807, 2.05) is 31.1 Å². The first-order valence-electron chi connectivity index (χ1n) is 5.77. The van der Waals surface area contributed by atoms with Crippen LogP contribution in [0, 0.1) is 13.8 Å². The van der Waals surface area contributed by atoms with Crippen LogP contribution < -0.4 is 16.0 Å². The van der Waals surface area contributed by atoms with E-state index in [4.69, 9.17) is 5.73 Å². The van der Waals surface area contributed by atoms with Crippen LogP contribution in [0.4, 0.5) is 10.5 Å². The number of benzene rings is 1. The maximum absolute atomic E-state index is 11.3. The van der Waals surface area contributed by atoms with E-state index in [0.29, 0.717) is 6.54 Å². The molecule has 0 bridgehead atoms. The standard InChI is InChI=1S/C13H19N3O2/c1-9-6-10(2)8-11(7-9)16(3)5-4-12(17)15-13(14)18/h6-8H,4-5H2,1-3H3,(H3,14,15,17,18). The normalized spacial score (nSPS) is 9.94. The van der Waals surface area contributed by atoms with Gasteiger partial charge in [0.15, 0.2) is 0 Å². The minimum absolute atomic E-state index is 0.229. The Morgan fingerprint density at radius 3 is 2.28 bits per heavy atom. The molecule has 0 saturated carbocycles. The third-order valence-electron chi connectivity index (χ3n) is 2.58. The Kier molecular flexibility index (Phi) is 4.71. The van der Waals surface area contributed by atoms with E-state index in [2.05, 4.69) is 18.2 Å². The van der Waals surface area contributed by atoms with Gasteiger partial charge in [-0.05, 0) is 37.1 Å². The first-order chi connectivity index (χ1) is 8.38. The van der Waals surface area contributed by atoms with Gasteiger partial charge in [-0.1, -0.05) is 6.07 Å². The number of imide groups is 1. The number of anilines is 1. The highest BCUT2D eigenvalue weighted by atomic mass is 16.2. The summed E-state index contributed by atoms with van der Waals surface area (Å²) in [6, 6.07) is 5.39. The number of carbonyl (C=O) groups is 2. The van der Waals surface area contributed by atoms with Gasteiger partial charge in [0.2, 0.25) is 5.91 Å². The summed E-state index contributed by atoms with van der Waals surface area (Å²) in [4.78, 5) is 23.7. The minimum Gasteiger partial charge on any atom is -0.374 e. The fourth-order valence-electron chi connectivity index (χ4n) is 1.77. The fourth-order valence-corrected chi connectivity index (χ4v) is 1.77. The van der Waals surface area contributed by atoms with Crippen molar-refractivity contribution in [2.45, 2.75) is 20.3 Å². The summed E-state index contributed by atoms with van der Waals surface area (Å²) in [6.07, 6.45) is 0.229. The highest BCUT2D eigenvalue weighted by Gasteiger charge is 2.07. The topological polar surface area (TPSA) is 75.4 Å². The number of hydrogen-bond donors (Lipinski definition) is 2. The number of carbonyl (C=O) groups excluding carboxylic acids is 2. The number of nitrogens with two attached hydrogens (primary N) is 1. The van der Waals surface area contributed by atoms with Crippen LogP contribution in [-0.4, -0.2) is 25.5 Å². The first-order valence-corrected chi connectivity index (χ1v) is 5.77. The molecule has 0 saturated heterocycles. The summed E-state index contributed by atoms with van der Waals surface area (Å²) in [6.45, 7) is 4.59. The summed E-state index contributed by atoms with van der Waals surface area (Å²) >= 11 is 0. The molecular weight excluding hydrogens is 230 g/mol. The Morgan fingerprint density at radius 2 is 1.78 bits per heavy atom. The van der Waals surface area contributed by atoms with E-state index < -0.39 is 6.03 Å².